The van der Waals surface area contributed by atoms with E-state index in [1.54, 1.807) is 0 Å². The SMILES string of the molecule is Cc1cc(C2CNC2)cc2c1O[C@H](C)c1c(ncnc1N1CCS(=O)(=O)CC1)N2. The van der Waals surface area contributed by atoms with Crippen molar-refractivity contribution in [3.8, 4) is 5.75 Å². The molecule has 0 aliphatic carbocycles. The molecule has 3 aliphatic rings. The number of benzene rings is 1. The third kappa shape index (κ3) is 3.32. The molecular formula is C20H25N5O3S. The third-order valence-corrected chi connectivity index (χ3v) is 7.62. The lowest BCUT2D eigenvalue weighted by atomic mass is 9.92. The lowest BCUT2D eigenvalue weighted by molar-refractivity contribution is 0.229. The summed E-state index contributed by atoms with van der Waals surface area (Å²) in [5.74, 6) is 3.12. The fraction of sp³-hybridized carbons (Fsp3) is 0.500. The van der Waals surface area contributed by atoms with E-state index in [1.807, 2.05) is 11.8 Å². The Labute approximate surface area is 170 Å². The van der Waals surface area contributed by atoms with Gasteiger partial charge in [0.05, 0.1) is 22.8 Å². The molecule has 0 spiro atoms. The van der Waals surface area contributed by atoms with E-state index >= 15 is 0 Å². The van der Waals surface area contributed by atoms with Gasteiger partial charge in [0, 0.05) is 32.1 Å². The number of aromatic nitrogens is 2. The first-order valence-electron chi connectivity index (χ1n) is 10.0. The van der Waals surface area contributed by atoms with Gasteiger partial charge in [0.1, 0.15) is 29.8 Å². The summed E-state index contributed by atoms with van der Waals surface area (Å²) in [5, 5.41) is 6.80. The van der Waals surface area contributed by atoms with Crippen molar-refractivity contribution in [2.75, 3.05) is 47.9 Å². The number of anilines is 3. The van der Waals surface area contributed by atoms with E-state index in [1.165, 1.54) is 11.9 Å². The van der Waals surface area contributed by atoms with E-state index in [9.17, 15) is 8.42 Å². The van der Waals surface area contributed by atoms with Gasteiger partial charge in [-0.05, 0) is 31.0 Å². The summed E-state index contributed by atoms with van der Waals surface area (Å²) in [6.07, 6.45) is 1.28. The molecule has 0 amide bonds. The second-order valence-electron chi connectivity index (χ2n) is 8.05. The molecule has 0 bridgehead atoms. The van der Waals surface area contributed by atoms with Gasteiger partial charge in [-0.3, -0.25) is 0 Å². The molecule has 0 radical (unpaired) electrons. The van der Waals surface area contributed by atoms with Gasteiger partial charge < -0.3 is 20.3 Å². The topological polar surface area (TPSA) is 96.4 Å². The molecule has 2 fully saturated rings. The second kappa shape index (κ2) is 6.84. The molecule has 9 heteroatoms. The Bertz CT molecular complexity index is 1050. The number of rotatable bonds is 2. The monoisotopic (exact) mass is 415 g/mol. The van der Waals surface area contributed by atoms with Crippen molar-refractivity contribution in [2.45, 2.75) is 25.9 Å². The Hall–Kier alpha value is -2.39. The summed E-state index contributed by atoms with van der Waals surface area (Å²) in [4.78, 5) is 11.0. The largest absolute Gasteiger partial charge is 0.483 e. The van der Waals surface area contributed by atoms with E-state index in [0.717, 1.165) is 47.3 Å². The average Bonchev–Trinajstić information content (AvgIpc) is 2.77. The maximum atomic E-state index is 11.8. The second-order valence-corrected chi connectivity index (χ2v) is 10.4. The Balaban J connectivity index is 1.53. The first-order valence-corrected chi connectivity index (χ1v) is 11.8. The molecular weight excluding hydrogens is 390 g/mol. The number of aryl methyl sites for hydroxylation is 1. The van der Waals surface area contributed by atoms with Gasteiger partial charge in [0.15, 0.2) is 9.84 Å². The summed E-state index contributed by atoms with van der Waals surface area (Å²) < 4.78 is 30.0. The zero-order valence-corrected chi connectivity index (χ0v) is 17.4. The van der Waals surface area contributed by atoms with Crippen LogP contribution in [0.4, 0.5) is 17.3 Å². The molecule has 8 nitrogen and oxygen atoms in total. The standard InChI is InChI=1S/C20H25N5O3S/c1-12-7-14(15-9-21-10-15)8-16-18(12)28-13(2)17-19(24-16)22-11-23-20(17)25-3-5-29(26,27)6-4-25/h7-8,11,13,15,21H,3-6,9-10H2,1-2H3,(H,22,23,24)/t13-/m1/s1. The van der Waals surface area contributed by atoms with Crippen LogP contribution in [0.5, 0.6) is 5.75 Å². The minimum absolute atomic E-state index is 0.145. The van der Waals surface area contributed by atoms with Gasteiger partial charge in [0.25, 0.3) is 0 Å². The Morgan fingerprint density at radius 2 is 1.93 bits per heavy atom. The van der Waals surface area contributed by atoms with Crippen LogP contribution in [0.15, 0.2) is 18.5 Å². The van der Waals surface area contributed by atoms with Crippen LogP contribution >= 0.6 is 0 Å². The van der Waals surface area contributed by atoms with Crippen LogP contribution in [0.1, 0.15) is 35.6 Å². The Morgan fingerprint density at radius 1 is 1.17 bits per heavy atom. The Morgan fingerprint density at radius 3 is 2.62 bits per heavy atom. The van der Waals surface area contributed by atoms with E-state index < -0.39 is 9.84 Å². The van der Waals surface area contributed by atoms with Crippen molar-refractivity contribution in [1.29, 1.82) is 0 Å². The molecule has 29 heavy (non-hydrogen) atoms. The Kier molecular flexibility index (Phi) is 4.40. The molecule has 0 saturated carbocycles. The predicted octanol–water partition coefficient (Wildman–Crippen LogP) is 1.90. The van der Waals surface area contributed by atoms with Crippen molar-refractivity contribution in [1.82, 2.24) is 15.3 Å². The molecule has 1 aromatic carbocycles. The van der Waals surface area contributed by atoms with Crippen LogP contribution in [-0.4, -0.2) is 56.1 Å². The molecule has 1 atom stereocenters. The maximum absolute atomic E-state index is 11.8. The number of hydrogen-bond donors (Lipinski definition) is 2. The highest BCUT2D eigenvalue weighted by Gasteiger charge is 2.31. The molecule has 5 rings (SSSR count). The van der Waals surface area contributed by atoms with E-state index in [0.29, 0.717) is 19.0 Å². The fourth-order valence-corrected chi connectivity index (χ4v) is 5.41. The van der Waals surface area contributed by atoms with E-state index in [2.05, 4.69) is 39.7 Å². The number of sulfone groups is 1. The normalized spacial score (nSPS) is 23.1. The molecule has 4 heterocycles. The number of nitrogens with zero attached hydrogens (tertiary/aromatic N) is 3. The van der Waals surface area contributed by atoms with Gasteiger partial charge in [0.2, 0.25) is 0 Å². The van der Waals surface area contributed by atoms with Crippen molar-refractivity contribution in [3.05, 3.63) is 35.2 Å². The first-order chi connectivity index (χ1) is 13.9. The number of nitrogens with one attached hydrogen (secondary N) is 2. The zero-order chi connectivity index (χ0) is 20.2. The summed E-state index contributed by atoms with van der Waals surface area (Å²) in [7, 11) is -2.96. The fourth-order valence-electron chi connectivity index (χ4n) is 4.21. The first kappa shape index (κ1) is 18.6. The molecule has 2 aromatic rings. The maximum Gasteiger partial charge on any atom is 0.153 e. The van der Waals surface area contributed by atoms with Crippen molar-refractivity contribution in [2.24, 2.45) is 0 Å². The summed E-state index contributed by atoms with van der Waals surface area (Å²) in [6.45, 7) is 6.92. The van der Waals surface area contributed by atoms with Crippen molar-refractivity contribution in [3.63, 3.8) is 0 Å². The lowest BCUT2D eigenvalue weighted by Gasteiger charge is -2.30. The summed E-state index contributed by atoms with van der Waals surface area (Å²) in [6, 6.07) is 4.36. The molecule has 3 aliphatic heterocycles. The smallest absolute Gasteiger partial charge is 0.153 e. The minimum Gasteiger partial charge on any atom is -0.483 e. The van der Waals surface area contributed by atoms with E-state index in [4.69, 9.17) is 4.74 Å². The number of hydrogen-bond acceptors (Lipinski definition) is 8. The van der Waals surface area contributed by atoms with Crippen LogP contribution in [0, 0.1) is 6.92 Å². The average molecular weight is 416 g/mol. The molecule has 2 saturated heterocycles. The highest BCUT2D eigenvalue weighted by molar-refractivity contribution is 7.91. The zero-order valence-electron chi connectivity index (χ0n) is 16.6. The van der Waals surface area contributed by atoms with Gasteiger partial charge in [-0.1, -0.05) is 6.07 Å². The summed E-state index contributed by atoms with van der Waals surface area (Å²) in [5.41, 5.74) is 4.18. The lowest BCUT2D eigenvalue weighted by Crippen LogP contribution is -2.41. The molecule has 2 N–H and O–H groups in total. The van der Waals surface area contributed by atoms with Gasteiger partial charge in [-0.15, -0.1) is 0 Å². The quantitative estimate of drug-likeness (QED) is 0.768. The van der Waals surface area contributed by atoms with Gasteiger partial charge >= 0.3 is 0 Å². The van der Waals surface area contributed by atoms with E-state index in [-0.39, 0.29) is 17.6 Å². The highest BCUT2D eigenvalue weighted by atomic mass is 32.2. The molecule has 154 valence electrons. The van der Waals surface area contributed by atoms with Gasteiger partial charge in [-0.2, -0.15) is 0 Å². The van der Waals surface area contributed by atoms with Crippen LogP contribution < -0.4 is 20.3 Å². The number of ether oxygens (including phenoxy) is 1. The molecule has 0 unspecified atom stereocenters. The molecule has 1 aromatic heterocycles. The predicted molar refractivity (Wildman–Crippen MR) is 112 cm³/mol. The van der Waals surface area contributed by atoms with Crippen LogP contribution in [0.2, 0.25) is 0 Å². The highest BCUT2D eigenvalue weighted by Crippen LogP contribution is 2.44. The summed E-state index contributed by atoms with van der Waals surface area (Å²) >= 11 is 0. The van der Waals surface area contributed by atoms with Crippen molar-refractivity contribution >= 4 is 27.2 Å². The van der Waals surface area contributed by atoms with Gasteiger partial charge in [-0.25, -0.2) is 18.4 Å². The minimum atomic E-state index is -2.96. The third-order valence-electron chi connectivity index (χ3n) is 6.01. The van der Waals surface area contributed by atoms with Crippen molar-refractivity contribution < 1.29 is 13.2 Å². The van der Waals surface area contributed by atoms with Crippen LogP contribution in [0.3, 0.4) is 0 Å². The van der Waals surface area contributed by atoms with Crippen LogP contribution in [0.25, 0.3) is 0 Å². The van der Waals surface area contributed by atoms with Crippen LogP contribution in [-0.2, 0) is 9.84 Å². The number of fused-ring (bicyclic) bond motifs is 2.